The van der Waals surface area contributed by atoms with Crippen LogP contribution in [0.4, 0.5) is 0 Å². The van der Waals surface area contributed by atoms with Gasteiger partial charge in [0.15, 0.2) is 0 Å². The van der Waals surface area contributed by atoms with Gasteiger partial charge in [-0.1, -0.05) is 71.1 Å². The van der Waals surface area contributed by atoms with Crippen LogP contribution in [0.5, 0.6) is 0 Å². The van der Waals surface area contributed by atoms with Gasteiger partial charge in [-0.3, -0.25) is 4.79 Å². The smallest absolute Gasteiger partial charge is 0.305 e. The van der Waals surface area contributed by atoms with Crippen molar-refractivity contribution in [3.05, 3.63) is 0 Å². The fraction of sp³-hybridized carbons (Fsp3) is 0.933. The van der Waals surface area contributed by atoms with Gasteiger partial charge in [0.05, 0.1) is 7.11 Å². The average Bonchev–Trinajstić information content (AvgIpc) is 2.35. The summed E-state index contributed by atoms with van der Waals surface area (Å²) >= 11 is 0. The third-order valence-corrected chi connectivity index (χ3v) is 3.21. The average molecular weight is 308 g/mol. The van der Waals surface area contributed by atoms with Gasteiger partial charge in [0.25, 0.3) is 0 Å². The zero-order valence-corrected chi connectivity index (χ0v) is 15.5. The predicted molar refractivity (Wildman–Crippen MR) is 73.1 cm³/mol. The predicted octanol–water partition coefficient (Wildman–Crippen LogP) is 4.86. The van der Waals surface area contributed by atoms with E-state index in [1.54, 1.807) is 0 Å². The SMILES string of the molecule is CCCCCCCCCCCCCC(=O)OC.[Zn]. The van der Waals surface area contributed by atoms with Gasteiger partial charge in [-0.15, -0.1) is 0 Å². The number of methoxy groups -OCH3 is 1. The van der Waals surface area contributed by atoms with Crippen LogP contribution in [-0.2, 0) is 29.0 Å². The van der Waals surface area contributed by atoms with Crippen LogP contribution < -0.4 is 0 Å². The van der Waals surface area contributed by atoms with Gasteiger partial charge in [-0.2, -0.15) is 0 Å². The van der Waals surface area contributed by atoms with Crippen molar-refractivity contribution < 1.29 is 29.0 Å². The molecule has 0 N–H and O–H groups in total. The van der Waals surface area contributed by atoms with Crippen molar-refractivity contribution in [3.63, 3.8) is 0 Å². The summed E-state index contributed by atoms with van der Waals surface area (Å²) in [7, 11) is 1.46. The minimum Gasteiger partial charge on any atom is -0.469 e. The van der Waals surface area contributed by atoms with E-state index in [0.29, 0.717) is 6.42 Å². The molecule has 0 saturated heterocycles. The van der Waals surface area contributed by atoms with Crippen molar-refractivity contribution >= 4 is 5.97 Å². The molecule has 0 aromatic carbocycles. The minimum atomic E-state index is -0.0686. The Labute approximate surface area is 126 Å². The Balaban J connectivity index is 0. The molecule has 18 heavy (non-hydrogen) atoms. The molecule has 0 spiro atoms. The molecule has 0 unspecified atom stereocenters. The number of hydrogen-bond donors (Lipinski definition) is 0. The maximum absolute atomic E-state index is 10.8. The Morgan fingerprint density at radius 3 is 1.56 bits per heavy atom. The first-order chi connectivity index (χ1) is 8.31. The maximum Gasteiger partial charge on any atom is 0.305 e. The largest absolute Gasteiger partial charge is 0.469 e. The van der Waals surface area contributed by atoms with Crippen LogP contribution in [0.2, 0.25) is 0 Å². The van der Waals surface area contributed by atoms with Crippen LogP contribution in [-0.4, -0.2) is 13.1 Å². The molecule has 0 aliphatic rings. The zero-order valence-electron chi connectivity index (χ0n) is 12.5. The van der Waals surface area contributed by atoms with Crippen molar-refractivity contribution in [2.45, 2.75) is 84.0 Å². The van der Waals surface area contributed by atoms with Crippen molar-refractivity contribution in [1.29, 1.82) is 0 Å². The van der Waals surface area contributed by atoms with Gasteiger partial charge >= 0.3 is 5.97 Å². The molecule has 0 radical (unpaired) electrons. The first kappa shape index (κ1) is 20.4. The fourth-order valence-electron chi connectivity index (χ4n) is 2.04. The van der Waals surface area contributed by atoms with Crippen molar-refractivity contribution in [2.24, 2.45) is 0 Å². The second kappa shape index (κ2) is 17.1. The number of esters is 1. The number of ether oxygens (including phenoxy) is 1. The molecule has 0 aliphatic heterocycles. The second-order valence-electron chi connectivity index (χ2n) is 4.86. The summed E-state index contributed by atoms with van der Waals surface area (Å²) in [5, 5.41) is 0. The van der Waals surface area contributed by atoms with Crippen LogP contribution in [0, 0.1) is 0 Å². The molecule has 3 heteroatoms. The molecular weight excluding hydrogens is 278 g/mol. The first-order valence-corrected chi connectivity index (χ1v) is 7.38. The van der Waals surface area contributed by atoms with Gasteiger partial charge in [0.2, 0.25) is 0 Å². The Morgan fingerprint density at radius 2 is 1.17 bits per heavy atom. The Kier molecular flexibility index (Phi) is 19.4. The van der Waals surface area contributed by atoms with Crippen LogP contribution in [0.15, 0.2) is 0 Å². The van der Waals surface area contributed by atoms with E-state index in [-0.39, 0.29) is 25.4 Å². The molecule has 0 aromatic heterocycles. The third kappa shape index (κ3) is 16.1. The summed E-state index contributed by atoms with van der Waals surface area (Å²) in [6.45, 7) is 2.26. The number of rotatable bonds is 12. The van der Waals surface area contributed by atoms with Crippen LogP contribution >= 0.6 is 0 Å². The molecule has 0 bridgehead atoms. The van der Waals surface area contributed by atoms with Crippen LogP contribution in [0.1, 0.15) is 84.0 Å². The van der Waals surface area contributed by atoms with Crippen molar-refractivity contribution in [2.75, 3.05) is 7.11 Å². The number of unbranched alkanes of at least 4 members (excludes halogenated alkanes) is 10. The van der Waals surface area contributed by atoms with E-state index in [0.717, 1.165) is 6.42 Å². The molecule has 0 fully saturated rings. The Morgan fingerprint density at radius 1 is 0.778 bits per heavy atom. The zero-order chi connectivity index (χ0) is 12.8. The number of carbonyl (C=O) groups is 1. The van der Waals surface area contributed by atoms with Gasteiger partial charge in [0.1, 0.15) is 0 Å². The van der Waals surface area contributed by atoms with Crippen LogP contribution in [0.25, 0.3) is 0 Å². The van der Waals surface area contributed by atoms with E-state index in [2.05, 4.69) is 11.7 Å². The summed E-state index contributed by atoms with van der Waals surface area (Å²) in [6.07, 6.45) is 15.1. The Hall–Kier alpha value is 0.0934. The Bertz CT molecular complexity index is 172. The van der Waals surface area contributed by atoms with Gasteiger partial charge in [-0.25, -0.2) is 0 Å². The summed E-state index contributed by atoms with van der Waals surface area (Å²) in [5.74, 6) is -0.0686. The van der Waals surface area contributed by atoms with Gasteiger partial charge in [-0.05, 0) is 6.42 Å². The van der Waals surface area contributed by atoms with E-state index in [9.17, 15) is 4.79 Å². The number of carbonyl (C=O) groups excluding carboxylic acids is 1. The summed E-state index contributed by atoms with van der Waals surface area (Å²) in [6, 6.07) is 0. The van der Waals surface area contributed by atoms with Crippen molar-refractivity contribution in [1.82, 2.24) is 0 Å². The second-order valence-corrected chi connectivity index (χ2v) is 4.86. The molecule has 0 aromatic rings. The van der Waals surface area contributed by atoms with Crippen molar-refractivity contribution in [3.8, 4) is 0 Å². The number of hydrogen-bond acceptors (Lipinski definition) is 2. The van der Waals surface area contributed by atoms with E-state index < -0.39 is 0 Å². The topological polar surface area (TPSA) is 26.3 Å². The molecule has 2 nitrogen and oxygen atoms in total. The molecule has 0 rings (SSSR count). The van der Waals surface area contributed by atoms with E-state index in [1.165, 1.54) is 71.3 Å². The van der Waals surface area contributed by atoms with E-state index in [4.69, 9.17) is 0 Å². The quantitative estimate of drug-likeness (QED) is 0.292. The molecule has 0 saturated carbocycles. The monoisotopic (exact) mass is 306 g/mol. The maximum atomic E-state index is 10.8. The molecule has 104 valence electrons. The molecule has 0 heterocycles. The summed E-state index contributed by atoms with van der Waals surface area (Å²) in [4.78, 5) is 10.8. The standard InChI is InChI=1S/C15H30O2.Zn/c1-3-4-5-6-7-8-9-10-11-12-13-14-15(16)17-2;/h3-14H2,1-2H3;. The molecular formula is C15H30O2Zn. The third-order valence-electron chi connectivity index (χ3n) is 3.21. The molecule has 0 amide bonds. The molecule has 0 atom stereocenters. The first-order valence-electron chi connectivity index (χ1n) is 7.38. The summed E-state index contributed by atoms with van der Waals surface area (Å²) < 4.78 is 4.60. The minimum absolute atomic E-state index is 0. The van der Waals surface area contributed by atoms with Gasteiger partial charge in [0, 0.05) is 25.9 Å². The van der Waals surface area contributed by atoms with E-state index in [1.807, 2.05) is 0 Å². The fourth-order valence-corrected chi connectivity index (χ4v) is 2.04. The van der Waals surface area contributed by atoms with Crippen LogP contribution in [0.3, 0.4) is 0 Å². The summed E-state index contributed by atoms with van der Waals surface area (Å²) in [5.41, 5.74) is 0. The van der Waals surface area contributed by atoms with E-state index >= 15 is 0 Å². The normalized spacial score (nSPS) is 9.89. The van der Waals surface area contributed by atoms with Gasteiger partial charge < -0.3 is 4.74 Å². The molecule has 0 aliphatic carbocycles.